The Morgan fingerprint density at radius 1 is 1.08 bits per heavy atom. The van der Waals surface area contributed by atoms with Crippen molar-refractivity contribution in [2.45, 2.75) is 66.4 Å². The van der Waals surface area contributed by atoms with Gasteiger partial charge >= 0.3 is 5.97 Å². The molecule has 4 rings (SSSR count). The number of ether oxygens (including phenoxy) is 2. The predicted octanol–water partition coefficient (Wildman–Crippen LogP) is 7.08. The lowest BCUT2D eigenvalue weighted by Crippen LogP contribution is -2.38. The van der Waals surface area contributed by atoms with Crippen LogP contribution < -0.4 is 9.64 Å². The minimum absolute atomic E-state index is 0.104. The maximum Gasteiger partial charge on any atom is 0.310 e. The number of carbonyl (C=O) groups is 1. The third kappa shape index (κ3) is 7.34. The van der Waals surface area contributed by atoms with Crippen molar-refractivity contribution in [3.63, 3.8) is 0 Å². The van der Waals surface area contributed by atoms with Crippen LogP contribution in [0.15, 0.2) is 48.7 Å². The van der Waals surface area contributed by atoms with Crippen LogP contribution in [0, 0.1) is 24.0 Å². The number of halogens is 2. The van der Waals surface area contributed by atoms with Crippen molar-refractivity contribution in [2.24, 2.45) is 5.41 Å². The van der Waals surface area contributed by atoms with E-state index in [4.69, 9.17) is 9.47 Å². The van der Waals surface area contributed by atoms with Gasteiger partial charge in [-0.3, -0.25) is 9.78 Å². The van der Waals surface area contributed by atoms with E-state index in [1.54, 1.807) is 24.4 Å². The molecule has 0 bridgehead atoms. The van der Waals surface area contributed by atoms with Crippen molar-refractivity contribution in [1.82, 2.24) is 4.98 Å². The van der Waals surface area contributed by atoms with Gasteiger partial charge in [0.05, 0.1) is 24.8 Å². The summed E-state index contributed by atoms with van der Waals surface area (Å²) in [4.78, 5) is 19.6. The summed E-state index contributed by atoms with van der Waals surface area (Å²) >= 11 is 0. The van der Waals surface area contributed by atoms with Crippen LogP contribution in [0.4, 0.5) is 14.5 Å². The average Bonchev–Trinajstić information content (AvgIpc) is 2.87. The number of aryl methyl sites for hydroxylation is 1. The molecular weight excluding hydrogens is 498 g/mol. The van der Waals surface area contributed by atoms with Gasteiger partial charge in [-0.1, -0.05) is 32.0 Å². The summed E-state index contributed by atoms with van der Waals surface area (Å²) in [6.45, 7) is 12.1. The van der Waals surface area contributed by atoms with Crippen molar-refractivity contribution in [3.05, 3.63) is 77.1 Å². The van der Waals surface area contributed by atoms with Gasteiger partial charge < -0.3 is 14.4 Å². The van der Waals surface area contributed by atoms with Crippen LogP contribution >= 0.6 is 0 Å². The summed E-state index contributed by atoms with van der Waals surface area (Å²) in [6.07, 6.45) is 4.23. The molecule has 7 heteroatoms. The van der Waals surface area contributed by atoms with E-state index < -0.39 is 5.82 Å². The zero-order valence-corrected chi connectivity index (χ0v) is 23.5. The largest absolute Gasteiger partial charge is 0.490 e. The number of hydrogen-bond acceptors (Lipinski definition) is 5. The highest BCUT2D eigenvalue weighted by Gasteiger charge is 2.29. The fourth-order valence-corrected chi connectivity index (χ4v) is 4.92. The Morgan fingerprint density at radius 3 is 2.41 bits per heavy atom. The van der Waals surface area contributed by atoms with E-state index in [0.717, 1.165) is 54.0 Å². The molecule has 0 spiro atoms. The van der Waals surface area contributed by atoms with E-state index >= 15 is 4.39 Å². The normalized spacial score (nSPS) is 14.9. The van der Waals surface area contributed by atoms with E-state index in [1.807, 2.05) is 26.8 Å². The molecule has 1 fully saturated rings. The van der Waals surface area contributed by atoms with E-state index in [9.17, 15) is 9.18 Å². The van der Waals surface area contributed by atoms with Crippen LogP contribution in [0.5, 0.6) is 5.75 Å². The Balaban J connectivity index is 1.62. The van der Waals surface area contributed by atoms with Crippen molar-refractivity contribution < 1.29 is 23.0 Å². The zero-order chi connectivity index (χ0) is 28.2. The molecule has 5 nitrogen and oxygen atoms in total. The highest BCUT2D eigenvalue weighted by molar-refractivity contribution is 5.85. The van der Waals surface area contributed by atoms with Crippen molar-refractivity contribution in [3.8, 4) is 16.9 Å². The van der Waals surface area contributed by atoms with Crippen LogP contribution in [0.2, 0.25) is 0 Å². The second kappa shape index (κ2) is 12.1. The third-order valence-corrected chi connectivity index (χ3v) is 7.29. The summed E-state index contributed by atoms with van der Waals surface area (Å²) in [5.41, 5.74) is 5.11. The predicted molar refractivity (Wildman–Crippen MR) is 150 cm³/mol. The van der Waals surface area contributed by atoms with Crippen LogP contribution in [-0.4, -0.2) is 36.8 Å². The Kier molecular flexibility index (Phi) is 8.88. The van der Waals surface area contributed by atoms with Gasteiger partial charge in [-0.25, -0.2) is 8.78 Å². The quantitative estimate of drug-likeness (QED) is 0.274. The number of carbonyl (C=O) groups excluding carboxylic acids is 1. The van der Waals surface area contributed by atoms with Crippen molar-refractivity contribution in [1.29, 1.82) is 0 Å². The number of aromatic nitrogens is 1. The zero-order valence-electron chi connectivity index (χ0n) is 23.5. The molecule has 1 saturated heterocycles. The van der Waals surface area contributed by atoms with Gasteiger partial charge in [-0.15, -0.1) is 0 Å². The number of hydrogen-bond donors (Lipinski definition) is 0. The molecular formula is C32H38F2N2O3. The van der Waals surface area contributed by atoms with Gasteiger partial charge in [0.15, 0.2) is 11.6 Å². The maximum atomic E-state index is 15.2. The standard InChI is InChI=1S/C32H38F2N2O3/c1-21(2)39-30(37)19-26-22(3)35-20-27(31(26)36-15-13-32(4,5)14-16-36)24-8-11-29(28(34)18-24)38-17-12-23-6-9-25(33)10-7-23/h6-11,18,20-21H,12-17,19H2,1-5H3. The molecule has 3 aromatic rings. The number of piperidine rings is 1. The van der Waals surface area contributed by atoms with Crippen molar-refractivity contribution in [2.75, 3.05) is 24.6 Å². The molecule has 0 unspecified atom stereocenters. The van der Waals surface area contributed by atoms with E-state index in [-0.39, 0.29) is 42.1 Å². The van der Waals surface area contributed by atoms with E-state index in [1.165, 1.54) is 18.2 Å². The molecule has 0 atom stereocenters. The molecule has 39 heavy (non-hydrogen) atoms. The number of rotatable bonds is 9. The summed E-state index contributed by atoms with van der Waals surface area (Å²) in [5.74, 6) is -0.914. The number of esters is 1. The number of anilines is 1. The number of benzene rings is 2. The second-order valence-electron chi connectivity index (χ2n) is 11.3. The second-order valence-corrected chi connectivity index (χ2v) is 11.3. The lowest BCUT2D eigenvalue weighted by molar-refractivity contribution is -0.146. The highest BCUT2D eigenvalue weighted by Crippen LogP contribution is 2.40. The molecule has 208 valence electrons. The lowest BCUT2D eigenvalue weighted by atomic mass is 9.82. The minimum atomic E-state index is -0.473. The Hall–Kier alpha value is -3.48. The molecule has 2 aromatic carbocycles. The fraction of sp³-hybridized carbons (Fsp3) is 0.438. The molecule has 1 aliphatic heterocycles. The Labute approximate surface area is 230 Å². The first kappa shape index (κ1) is 28.5. The molecule has 1 aromatic heterocycles. The van der Waals surface area contributed by atoms with Crippen molar-refractivity contribution >= 4 is 11.7 Å². The minimum Gasteiger partial charge on any atom is -0.490 e. The van der Waals surface area contributed by atoms with Gasteiger partial charge in [0.2, 0.25) is 0 Å². The van der Waals surface area contributed by atoms with Crippen LogP contribution in [0.1, 0.15) is 57.4 Å². The van der Waals surface area contributed by atoms with Gasteiger partial charge in [0.25, 0.3) is 0 Å². The molecule has 2 heterocycles. The van der Waals surface area contributed by atoms with Crippen LogP contribution in [0.3, 0.4) is 0 Å². The molecule has 0 N–H and O–H groups in total. The SMILES string of the molecule is Cc1ncc(-c2ccc(OCCc3ccc(F)cc3)c(F)c2)c(N2CCC(C)(C)CC2)c1CC(=O)OC(C)C. The van der Waals surface area contributed by atoms with E-state index in [2.05, 4.69) is 23.7 Å². The molecule has 0 amide bonds. The average molecular weight is 537 g/mol. The lowest BCUT2D eigenvalue weighted by Gasteiger charge is -2.40. The first-order valence-corrected chi connectivity index (χ1v) is 13.6. The van der Waals surface area contributed by atoms with Gasteiger partial charge in [0, 0.05) is 42.5 Å². The summed E-state index contributed by atoms with van der Waals surface area (Å²) < 4.78 is 39.5. The maximum absolute atomic E-state index is 15.2. The molecule has 0 saturated carbocycles. The van der Waals surface area contributed by atoms with Crippen LogP contribution in [-0.2, 0) is 22.4 Å². The molecule has 0 aliphatic carbocycles. The summed E-state index contributed by atoms with van der Waals surface area (Å²) in [5, 5.41) is 0. The van der Waals surface area contributed by atoms with E-state index in [0.29, 0.717) is 12.0 Å². The number of pyridine rings is 1. The first-order chi connectivity index (χ1) is 18.5. The van der Waals surface area contributed by atoms with Gasteiger partial charge in [-0.05, 0) is 74.4 Å². The first-order valence-electron chi connectivity index (χ1n) is 13.6. The Bertz CT molecular complexity index is 1300. The topological polar surface area (TPSA) is 51.7 Å². The Morgan fingerprint density at radius 2 is 1.77 bits per heavy atom. The summed E-state index contributed by atoms with van der Waals surface area (Å²) in [6, 6.07) is 11.1. The third-order valence-electron chi connectivity index (χ3n) is 7.29. The summed E-state index contributed by atoms with van der Waals surface area (Å²) in [7, 11) is 0. The van der Waals surface area contributed by atoms with Gasteiger partial charge in [0.1, 0.15) is 5.82 Å². The monoisotopic (exact) mass is 536 g/mol. The van der Waals surface area contributed by atoms with Crippen LogP contribution in [0.25, 0.3) is 11.1 Å². The van der Waals surface area contributed by atoms with Gasteiger partial charge in [-0.2, -0.15) is 0 Å². The molecule has 0 radical (unpaired) electrons. The fourth-order valence-electron chi connectivity index (χ4n) is 4.92. The number of nitrogens with zero attached hydrogens (tertiary/aromatic N) is 2. The highest BCUT2D eigenvalue weighted by atomic mass is 19.1. The smallest absolute Gasteiger partial charge is 0.310 e. The molecule has 1 aliphatic rings.